The first kappa shape index (κ1) is 25.4. The fourth-order valence-electron chi connectivity index (χ4n) is 5.91. The summed E-state index contributed by atoms with van der Waals surface area (Å²) in [7, 11) is 0. The molecule has 3 aromatic heterocycles. The maximum atomic E-state index is 12.9. The van der Waals surface area contributed by atoms with Crippen LogP contribution in [0.2, 0.25) is 5.28 Å². The van der Waals surface area contributed by atoms with Gasteiger partial charge in [-0.15, -0.1) is 11.3 Å². The van der Waals surface area contributed by atoms with Crippen LogP contribution in [0.3, 0.4) is 0 Å². The Morgan fingerprint density at radius 2 is 2.02 bits per heavy atom. The predicted molar refractivity (Wildman–Crippen MR) is 152 cm³/mol. The second kappa shape index (κ2) is 9.79. The molecule has 7 rings (SSSR count). The second-order valence-electron chi connectivity index (χ2n) is 10.8. The number of piperidine rings is 1. The van der Waals surface area contributed by atoms with Crippen LogP contribution in [-0.4, -0.2) is 68.9 Å². The Balaban J connectivity index is 1.19. The largest absolute Gasteiger partial charge is 0.418 e. The van der Waals surface area contributed by atoms with E-state index >= 15 is 0 Å². The van der Waals surface area contributed by atoms with Crippen molar-refractivity contribution in [3.05, 3.63) is 40.3 Å². The summed E-state index contributed by atoms with van der Waals surface area (Å²) in [6.45, 7) is 5.48. The molecule has 3 N–H and O–H groups in total. The van der Waals surface area contributed by atoms with Crippen molar-refractivity contribution in [1.29, 1.82) is 0 Å². The molecule has 206 valence electrons. The van der Waals surface area contributed by atoms with E-state index in [0.29, 0.717) is 47.5 Å². The van der Waals surface area contributed by atoms with Crippen LogP contribution in [0.25, 0.3) is 21.1 Å². The first-order valence-electron chi connectivity index (χ1n) is 13.3. The van der Waals surface area contributed by atoms with E-state index < -0.39 is 0 Å². The quantitative estimate of drug-likeness (QED) is 0.310. The molecule has 1 aromatic carbocycles. The minimum absolute atomic E-state index is 0.0122. The Hall–Kier alpha value is -3.61. The SMILES string of the molecule is C[C@@H]1CNc2c(sc3ccc4nc(Oc5nc(Cl)ncc5CN5CC6(CCNCC6)CC5=O)cnc4c23)C(=O)N1. The van der Waals surface area contributed by atoms with Crippen molar-refractivity contribution in [1.82, 2.24) is 35.5 Å². The molecule has 2 amide bonds. The van der Waals surface area contributed by atoms with Crippen LogP contribution in [0.4, 0.5) is 5.69 Å². The van der Waals surface area contributed by atoms with E-state index in [1.807, 2.05) is 24.0 Å². The van der Waals surface area contributed by atoms with Gasteiger partial charge in [0.1, 0.15) is 4.88 Å². The third kappa shape index (κ3) is 4.49. The van der Waals surface area contributed by atoms with Crippen molar-refractivity contribution < 1.29 is 14.3 Å². The topological polar surface area (TPSA) is 134 Å². The Morgan fingerprint density at radius 1 is 1.18 bits per heavy atom. The second-order valence-corrected chi connectivity index (χ2v) is 12.2. The number of carbonyl (C=O) groups is 2. The molecular formula is C27H27ClN8O3S. The molecule has 2 saturated heterocycles. The van der Waals surface area contributed by atoms with Crippen molar-refractivity contribution in [2.75, 3.05) is 31.5 Å². The van der Waals surface area contributed by atoms with E-state index in [0.717, 1.165) is 41.7 Å². The molecule has 3 aliphatic rings. The molecule has 1 spiro atoms. The van der Waals surface area contributed by atoms with Crippen LogP contribution in [0.1, 0.15) is 41.4 Å². The average Bonchev–Trinajstić information content (AvgIpc) is 3.41. The number of thiophene rings is 1. The summed E-state index contributed by atoms with van der Waals surface area (Å²) < 4.78 is 7.05. The van der Waals surface area contributed by atoms with Gasteiger partial charge in [-0.25, -0.2) is 15.0 Å². The number of anilines is 1. The lowest BCUT2D eigenvalue weighted by Gasteiger charge is -2.33. The zero-order chi connectivity index (χ0) is 27.4. The molecule has 0 unspecified atom stereocenters. The van der Waals surface area contributed by atoms with Gasteiger partial charge in [-0.05, 0) is 62.0 Å². The van der Waals surface area contributed by atoms with Crippen LogP contribution in [0, 0.1) is 5.41 Å². The molecular weight excluding hydrogens is 552 g/mol. The molecule has 13 heteroatoms. The molecule has 0 saturated carbocycles. The van der Waals surface area contributed by atoms with Gasteiger partial charge in [0.05, 0.1) is 35.0 Å². The lowest BCUT2D eigenvalue weighted by Crippen LogP contribution is -2.38. The van der Waals surface area contributed by atoms with Crippen LogP contribution >= 0.6 is 22.9 Å². The van der Waals surface area contributed by atoms with Crippen LogP contribution in [0.5, 0.6) is 11.8 Å². The van der Waals surface area contributed by atoms with Gasteiger partial charge in [0, 0.05) is 41.8 Å². The van der Waals surface area contributed by atoms with E-state index in [1.54, 1.807) is 6.20 Å². The van der Waals surface area contributed by atoms with E-state index in [9.17, 15) is 9.59 Å². The Kier molecular flexibility index (Phi) is 6.21. The molecule has 40 heavy (non-hydrogen) atoms. The summed E-state index contributed by atoms with van der Waals surface area (Å²) in [5, 5.41) is 10.7. The maximum Gasteiger partial charge on any atom is 0.263 e. The number of hydrogen-bond donors (Lipinski definition) is 3. The predicted octanol–water partition coefficient (Wildman–Crippen LogP) is 3.73. The number of aromatic nitrogens is 4. The number of benzene rings is 1. The van der Waals surface area contributed by atoms with Crippen LogP contribution in [-0.2, 0) is 11.3 Å². The van der Waals surface area contributed by atoms with Crippen molar-refractivity contribution in [3.63, 3.8) is 0 Å². The number of fused-ring (bicyclic) bond motifs is 5. The Bertz CT molecular complexity index is 1670. The van der Waals surface area contributed by atoms with E-state index in [1.165, 1.54) is 17.5 Å². The molecule has 0 bridgehead atoms. The summed E-state index contributed by atoms with van der Waals surface area (Å²) in [6, 6.07) is 3.82. The van der Waals surface area contributed by atoms with Gasteiger partial charge < -0.3 is 25.6 Å². The van der Waals surface area contributed by atoms with Gasteiger partial charge in [-0.2, -0.15) is 4.98 Å². The molecule has 2 fully saturated rings. The first-order chi connectivity index (χ1) is 19.4. The molecule has 0 radical (unpaired) electrons. The van der Waals surface area contributed by atoms with Crippen LogP contribution < -0.4 is 20.7 Å². The Morgan fingerprint density at radius 3 is 2.88 bits per heavy atom. The minimum Gasteiger partial charge on any atom is -0.418 e. The highest BCUT2D eigenvalue weighted by Gasteiger charge is 2.43. The third-order valence-corrected chi connectivity index (χ3v) is 9.27. The normalized spacial score (nSPS) is 20.4. The van der Waals surface area contributed by atoms with E-state index in [4.69, 9.17) is 21.3 Å². The van der Waals surface area contributed by atoms with Gasteiger partial charge in [0.15, 0.2) is 0 Å². The number of nitrogens with zero attached hydrogens (tertiary/aromatic N) is 5. The summed E-state index contributed by atoms with van der Waals surface area (Å²) in [4.78, 5) is 46.0. The summed E-state index contributed by atoms with van der Waals surface area (Å²) >= 11 is 7.56. The molecule has 3 aliphatic heterocycles. The molecule has 4 aromatic rings. The highest BCUT2D eigenvalue weighted by atomic mass is 35.5. The molecule has 11 nitrogen and oxygen atoms in total. The first-order valence-corrected chi connectivity index (χ1v) is 14.5. The van der Waals surface area contributed by atoms with Gasteiger partial charge >= 0.3 is 0 Å². The lowest BCUT2D eigenvalue weighted by molar-refractivity contribution is -0.128. The van der Waals surface area contributed by atoms with Gasteiger partial charge in [-0.1, -0.05) is 0 Å². The fraction of sp³-hybridized carbons (Fsp3) is 0.407. The molecule has 1 atom stereocenters. The number of rotatable bonds is 4. The zero-order valence-corrected chi connectivity index (χ0v) is 23.4. The highest BCUT2D eigenvalue weighted by Crippen LogP contribution is 2.42. The molecule has 0 aliphatic carbocycles. The number of likely N-dealkylation sites (tertiary alicyclic amines) is 1. The van der Waals surface area contributed by atoms with Gasteiger partial charge in [0.25, 0.3) is 5.91 Å². The summed E-state index contributed by atoms with van der Waals surface area (Å²) in [5.41, 5.74) is 2.75. The summed E-state index contributed by atoms with van der Waals surface area (Å²) in [6.07, 6.45) is 5.67. The number of hydrogen-bond acceptors (Lipinski definition) is 10. The number of amides is 2. The van der Waals surface area contributed by atoms with E-state index in [2.05, 4.69) is 30.9 Å². The van der Waals surface area contributed by atoms with Crippen molar-refractivity contribution in [3.8, 4) is 11.8 Å². The fourth-order valence-corrected chi connectivity index (χ4v) is 7.12. The Labute approximate surface area is 238 Å². The highest BCUT2D eigenvalue weighted by molar-refractivity contribution is 7.21. The number of nitrogens with one attached hydrogen (secondary N) is 3. The maximum absolute atomic E-state index is 12.9. The van der Waals surface area contributed by atoms with Crippen LogP contribution in [0.15, 0.2) is 24.5 Å². The number of carbonyl (C=O) groups excluding carboxylic acids is 2. The minimum atomic E-state index is -0.0921. The monoisotopic (exact) mass is 578 g/mol. The number of halogens is 1. The van der Waals surface area contributed by atoms with Crippen molar-refractivity contribution in [2.24, 2.45) is 5.41 Å². The number of ether oxygens (including phenoxy) is 1. The zero-order valence-electron chi connectivity index (χ0n) is 21.8. The average molecular weight is 579 g/mol. The van der Waals surface area contributed by atoms with E-state index in [-0.39, 0.29) is 40.3 Å². The van der Waals surface area contributed by atoms with Crippen molar-refractivity contribution in [2.45, 2.75) is 38.8 Å². The van der Waals surface area contributed by atoms with Gasteiger partial charge in [-0.3, -0.25) is 9.59 Å². The summed E-state index contributed by atoms with van der Waals surface area (Å²) in [5.74, 6) is 0.519. The third-order valence-electron chi connectivity index (χ3n) is 7.94. The van der Waals surface area contributed by atoms with Crippen molar-refractivity contribution >= 4 is 61.6 Å². The van der Waals surface area contributed by atoms with Gasteiger partial charge in [0.2, 0.25) is 23.0 Å². The standard InChI is InChI=1S/C27H27ClN8O3S/c1-14-9-30-22-20-17(40-23(22)24(38)33-14)3-2-16-21(20)31-11-18(34-16)39-25-15(10-32-26(28)35-25)12-36-13-27(8-19(36)37)4-6-29-7-5-27/h2-3,10-11,14,29-30H,4-9,12-13H2,1H3,(H,33,38)/t14-/m1/s1. The molecule has 6 heterocycles. The smallest absolute Gasteiger partial charge is 0.263 e. The lowest BCUT2D eigenvalue weighted by atomic mass is 9.78.